The van der Waals surface area contributed by atoms with Crippen LogP contribution in [0.2, 0.25) is 0 Å². The van der Waals surface area contributed by atoms with Crippen LogP contribution in [0.5, 0.6) is 0 Å². The molecule has 0 aliphatic carbocycles. The molecule has 3 rings (SSSR count). The van der Waals surface area contributed by atoms with E-state index < -0.39 is 15.7 Å². The summed E-state index contributed by atoms with van der Waals surface area (Å²) in [5.74, 6) is 0.829. The molecule has 0 spiro atoms. The van der Waals surface area contributed by atoms with Gasteiger partial charge in [0, 0.05) is 32.4 Å². The van der Waals surface area contributed by atoms with Crippen molar-refractivity contribution in [1.82, 2.24) is 29.4 Å². The Hall–Kier alpha value is -2.37. The molecule has 3 heterocycles. The first kappa shape index (κ1) is 19.4. The number of aromatic nitrogens is 4. The molecule has 0 aromatic carbocycles. The monoisotopic (exact) mass is 392 g/mol. The molecule has 27 heavy (non-hydrogen) atoms. The Balaban J connectivity index is 1.61. The van der Waals surface area contributed by atoms with E-state index in [2.05, 4.69) is 41.7 Å². The maximum atomic E-state index is 12.8. The summed E-state index contributed by atoms with van der Waals surface area (Å²) < 4.78 is 29.7. The minimum Gasteiger partial charge on any atom is -0.354 e. The lowest BCUT2D eigenvalue weighted by atomic mass is 10.0. The fourth-order valence-electron chi connectivity index (χ4n) is 2.93. The van der Waals surface area contributed by atoms with Crippen molar-refractivity contribution in [2.24, 2.45) is 4.99 Å². The Labute approximate surface area is 158 Å². The maximum Gasteiger partial charge on any atom is 0.280 e. The number of rotatable bonds is 7. The largest absolute Gasteiger partial charge is 0.354 e. The molecule has 1 aliphatic heterocycles. The molecule has 10 nitrogen and oxygen atoms in total. The van der Waals surface area contributed by atoms with Gasteiger partial charge in [-0.15, -0.1) is 0 Å². The van der Waals surface area contributed by atoms with Gasteiger partial charge in [-0.05, 0) is 32.2 Å². The van der Waals surface area contributed by atoms with Crippen molar-refractivity contribution in [1.29, 1.82) is 0 Å². The third kappa shape index (κ3) is 4.49. The number of hydrogen-bond acceptors (Lipinski definition) is 7. The van der Waals surface area contributed by atoms with Gasteiger partial charge in [0.25, 0.3) is 10.2 Å². The molecule has 0 unspecified atom stereocenters. The van der Waals surface area contributed by atoms with Gasteiger partial charge in [-0.1, -0.05) is 6.07 Å². The smallest absolute Gasteiger partial charge is 0.280 e. The quantitative estimate of drug-likeness (QED) is 0.654. The standard InChI is InChI=1S/C16H24N8O2S/c1-16(2,14-12-19-22-20-14)21-27(25,26)24-8-6-23(7-9-24)15-5-4-13(10-17-3)11-18-15/h4-5,11-12,21H,3,6-10H2,1-2H3,(H,19,20,22). The van der Waals surface area contributed by atoms with Gasteiger partial charge in [-0.2, -0.15) is 32.9 Å². The van der Waals surface area contributed by atoms with Crippen LogP contribution in [0.15, 0.2) is 29.5 Å². The molecular weight excluding hydrogens is 368 g/mol. The highest BCUT2D eigenvalue weighted by molar-refractivity contribution is 7.87. The third-order valence-electron chi connectivity index (χ3n) is 4.45. The molecule has 2 aromatic heterocycles. The Morgan fingerprint density at radius 1 is 1.26 bits per heavy atom. The van der Waals surface area contributed by atoms with Gasteiger partial charge in [-0.25, -0.2) is 4.98 Å². The summed E-state index contributed by atoms with van der Waals surface area (Å²) >= 11 is 0. The predicted octanol–water partition coefficient (Wildman–Crippen LogP) is 0.292. The molecule has 0 saturated carbocycles. The Kier molecular flexibility index (Phi) is 5.53. The van der Waals surface area contributed by atoms with E-state index in [4.69, 9.17) is 0 Å². The zero-order valence-electron chi connectivity index (χ0n) is 15.5. The van der Waals surface area contributed by atoms with E-state index in [9.17, 15) is 8.42 Å². The Morgan fingerprint density at radius 3 is 2.56 bits per heavy atom. The highest BCUT2D eigenvalue weighted by Crippen LogP contribution is 2.20. The fourth-order valence-corrected chi connectivity index (χ4v) is 4.45. The van der Waals surface area contributed by atoms with Gasteiger partial charge < -0.3 is 4.90 Å². The summed E-state index contributed by atoms with van der Waals surface area (Å²) in [7, 11) is -3.65. The predicted molar refractivity (Wildman–Crippen MR) is 103 cm³/mol. The van der Waals surface area contributed by atoms with Crippen LogP contribution in [0.25, 0.3) is 0 Å². The highest BCUT2D eigenvalue weighted by Gasteiger charge is 2.34. The SMILES string of the molecule is C=NCc1ccc(N2CCN(S(=O)(=O)NC(C)(C)c3cn[nH]n3)CC2)nc1. The van der Waals surface area contributed by atoms with Crippen LogP contribution in [0, 0.1) is 0 Å². The molecule has 1 fully saturated rings. The van der Waals surface area contributed by atoms with Crippen LogP contribution in [0.1, 0.15) is 25.1 Å². The lowest BCUT2D eigenvalue weighted by Crippen LogP contribution is -2.55. The first-order valence-corrected chi connectivity index (χ1v) is 10.0. The van der Waals surface area contributed by atoms with Gasteiger partial charge >= 0.3 is 0 Å². The molecule has 2 N–H and O–H groups in total. The zero-order chi connectivity index (χ0) is 19.5. The lowest BCUT2D eigenvalue weighted by Gasteiger charge is -2.36. The number of aromatic amines is 1. The number of nitrogens with zero attached hydrogens (tertiary/aromatic N) is 6. The molecule has 0 atom stereocenters. The molecule has 0 bridgehead atoms. The van der Waals surface area contributed by atoms with Crippen molar-refractivity contribution in [2.45, 2.75) is 25.9 Å². The van der Waals surface area contributed by atoms with E-state index in [-0.39, 0.29) is 0 Å². The van der Waals surface area contributed by atoms with Crippen LogP contribution < -0.4 is 9.62 Å². The molecule has 11 heteroatoms. The molecule has 2 aromatic rings. The summed E-state index contributed by atoms with van der Waals surface area (Å²) in [6.45, 7) is 9.40. The highest BCUT2D eigenvalue weighted by atomic mass is 32.2. The van der Waals surface area contributed by atoms with E-state index in [0.29, 0.717) is 38.4 Å². The lowest BCUT2D eigenvalue weighted by molar-refractivity contribution is 0.358. The number of nitrogens with one attached hydrogen (secondary N) is 2. The number of pyridine rings is 1. The first-order valence-electron chi connectivity index (χ1n) is 8.59. The molecular formula is C16H24N8O2S. The summed E-state index contributed by atoms with van der Waals surface area (Å²) in [4.78, 5) is 10.3. The Bertz CT molecular complexity index is 856. The van der Waals surface area contributed by atoms with Crippen LogP contribution in [-0.4, -0.2) is 66.0 Å². The number of anilines is 1. The normalized spacial score (nSPS) is 16.4. The van der Waals surface area contributed by atoms with Crippen molar-refractivity contribution in [3.05, 3.63) is 35.8 Å². The van der Waals surface area contributed by atoms with Gasteiger partial charge in [-0.3, -0.25) is 4.99 Å². The second-order valence-electron chi connectivity index (χ2n) is 6.88. The van der Waals surface area contributed by atoms with Crippen molar-refractivity contribution in [3.8, 4) is 0 Å². The Morgan fingerprint density at radius 2 is 2.00 bits per heavy atom. The van der Waals surface area contributed by atoms with Gasteiger partial charge in [0.15, 0.2) is 0 Å². The van der Waals surface area contributed by atoms with Crippen molar-refractivity contribution >= 4 is 22.7 Å². The third-order valence-corrected chi connectivity index (χ3v) is 6.26. The topological polar surface area (TPSA) is 119 Å². The van der Waals surface area contributed by atoms with E-state index >= 15 is 0 Å². The minimum atomic E-state index is -3.65. The second-order valence-corrected chi connectivity index (χ2v) is 8.55. The molecule has 1 aliphatic rings. The maximum absolute atomic E-state index is 12.8. The van der Waals surface area contributed by atoms with Crippen LogP contribution >= 0.6 is 0 Å². The van der Waals surface area contributed by atoms with Crippen molar-refractivity contribution in [2.75, 3.05) is 31.1 Å². The summed E-state index contributed by atoms with van der Waals surface area (Å²) in [5.41, 5.74) is 0.664. The number of hydrogen-bond donors (Lipinski definition) is 2. The number of piperazine rings is 1. The van der Waals surface area contributed by atoms with Gasteiger partial charge in [0.1, 0.15) is 11.5 Å². The number of H-pyrrole nitrogens is 1. The molecule has 0 radical (unpaired) electrons. The second kappa shape index (κ2) is 7.71. The summed E-state index contributed by atoms with van der Waals surface area (Å²) in [6.07, 6.45) is 3.28. The van der Waals surface area contributed by atoms with E-state index in [0.717, 1.165) is 11.4 Å². The summed E-state index contributed by atoms with van der Waals surface area (Å²) in [5, 5.41) is 10.2. The zero-order valence-corrected chi connectivity index (χ0v) is 16.3. The van der Waals surface area contributed by atoms with E-state index in [1.54, 1.807) is 20.0 Å². The van der Waals surface area contributed by atoms with Gasteiger partial charge in [0.2, 0.25) is 0 Å². The minimum absolute atomic E-state index is 0.377. The van der Waals surface area contributed by atoms with Crippen molar-refractivity contribution < 1.29 is 8.42 Å². The average molecular weight is 392 g/mol. The first-order chi connectivity index (χ1) is 12.8. The van der Waals surface area contributed by atoms with E-state index in [1.807, 2.05) is 12.1 Å². The average Bonchev–Trinajstić information content (AvgIpc) is 3.18. The number of aliphatic imine (C=N–C) groups is 1. The van der Waals surface area contributed by atoms with Crippen LogP contribution in [0.4, 0.5) is 5.82 Å². The van der Waals surface area contributed by atoms with Gasteiger partial charge in [0.05, 0.1) is 18.3 Å². The van der Waals surface area contributed by atoms with Crippen LogP contribution in [0.3, 0.4) is 0 Å². The molecule has 1 saturated heterocycles. The van der Waals surface area contributed by atoms with Crippen LogP contribution in [-0.2, 0) is 22.3 Å². The van der Waals surface area contributed by atoms with Crippen molar-refractivity contribution in [3.63, 3.8) is 0 Å². The summed E-state index contributed by atoms with van der Waals surface area (Å²) in [6, 6.07) is 3.89. The fraction of sp³-hybridized carbons (Fsp3) is 0.500. The van der Waals surface area contributed by atoms with E-state index in [1.165, 1.54) is 10.5 Å². The molecule has 146 valence electrons. The molecule has 0 amide bonds.